The third kappa shape index (κ3) is 3.44. The molecule has 0 heterocycles. The van der Waals surface area contributed by atoms with Crippen LogP contribution in [0.4, 0.5) is 11.4 Å². The molecule has 0 aromatic heterocycles. The standard InChI is InChI=1S/C12H20N2O/c1-3-12(15,4-2)9-14-11-7-5-6-10(13)8-11/h5-8,14-15H,3-4,9,13H2,1-2H3. The van der Waals surface area contributed by atoms with E-state index in [4.69, 9.17) is 5.73 Å². The Morgan fingerprint density at radius 3 is 2.53 bits per heavy atom. The van der Waals surface area contributed by atoms with E-state index in [1.807, 2.05) is 38.1 Å². The molecule has 0 aliphatic rings. The van der Waals surface area contributed by atoms with Crippen molar-refractivity contribution in [3.05, 3.63) is 24.3 Å². The first-order chi connectivity index (χ1) is 7.09. The second-order valence-corrected chi connectivity index (χ2v) is 3.91. The van der Waals surface area contributed by atoms with Crippen LogP contribution in [0, 0.1) is 0 Å². The summed E-state index contributed by atoms with van der Waals surface area (Å²) in [4.78, 5) is 0. The highest BCUT2D eigenvalue weighted by atomic mass is 16.3. The highest BCUT2D eigenvalue weighted by Crippen LogP contribution is 2.17. The Morgan fingerprint density at radius 1 is 1.33 bits per heavy atom. The highest BCUT2D eigenvalue weighted by Gasteiger charge is 2.21. The van der Waals surface area contributed by atoms with Gasteiger partial charge in [-0.15, -0.1) is 0 Å². The number of hydrogen-bond acceptors (Lipinski definition) is 3. The number of benzene rings is 1. The largest absolute Gasteiger partial charge is 0.399 e. The smallest absolute Gasteiger partial charge is 0.0814 e. The molecule has 3 heteroatoms. The molecule has 0 aliphatic heterocycles. The summed E-state index contributed by atoms with van der Waals surface area (Å²) in [6.45, 7) is 4.54. The lowest BCUT2D eigenvalue weighted by atomic mass is 9.97. The summed E-state index contributed by atoms with van der Waals surface area (Å²) >= 11 is 0. The van der Waals surface area contributed by atoms with E-state index in [2.05, 4.69) is 5.32 Å². The molecule has 3 nitrogen and oxygen atoms in total. The number of nitrogens with two attached hydrogens (primary N) is 1. The SMILES string of the molecule is CCC(O)(CC)CNc1cccc(N)c1. The molecule has 0 aliphatic carbocycles. The minimum absolute atomic E-state index is 0.559. The van der Waals surface area contributed by atoms with Gasteiger partial charge in [-0.25, -0.2) is 0 Å². The van der Waals surface area contributed by atoms with Gasteiger partial charge < -0.3 is 16.2 Å². The number of aliphatic hydroxyl groups is 1. The van der Waals surface area contributed by atoms with Crippen LogP contribution in [0.15, 0.2) is 24.3 Å². The molecule has 0 bridgehead atoms. The molecule has 0 atom stereocenters. The fourth-order valence-electron chi connectivity index (χ4n) is 1.42. The average molecular weight is 208 g/mol. The van der Waals surface area contributed by atoms with Crippen molar-refractivity contribution in [2.45, 2.75) is 32.3 Å². The van der Waals surface area contributed by atoms with Crippen LogP contribution in [-0.2, 0) is 0 Å². The Hall–Kier alpha value is -1.22. The van der Waals surface area contributed by atoms with E-state index in [0.29, 0.717) is 6.54 Å². The van der Waals surface area contributed by atoms with Crippen LogP contribution < -0.4 is 11.1 Å². The first kappa shape index (κ1) is 11.9. The fraction of sp³-hybridized carbons (Fsp3) is 0.500. The second-order valence-electron chi connectivity index (χ2n) is 3.91. The lowest BCUT2D eigenvalue weighted by Gasteiger charge is -2.26. The van der Waals surface area contributed by atoms with E-state index in [1.54, 1.807) is 0 Å². The van der Waals surface area contributed by atoms with Gasteiger partial charge in [0.1, 0.15) is 0 Å². The maximum Gasteiger partial charge on any atom is 0.0814 e. The van der Waals surface area contributed by atoms with Crippen molar-refractivity contribution < 1.29 is 5.11 Å². The molecule has 15 heavy (non-hydrogen) atoms. The van der Waals surface area contributed by atoms with Crippen molar-refractivity contribution in [2.75, 3.05) is 17.6 Å². The van der Waals surface area contributed by atoms with Crippen LogP contribution in [0.25, 0.3) is 0 Å². The van der Waals surface area contributed by atoms with Gasteiger partial charge >= 0.3 is 0 Å². The minimum Gasteiger partial charge on any atom is -0.399 e. The van der Waals surface area contributed by atoms with Gasteiger partial charge in [-0.1, -0.05) is 19.9 Å². The van der Waals surface area contributed by atoms with E-state index in [0.717, 1.165) is 24.2 Å². The quantitative estimate of drug-likeness (QED) is 0.650. The van der Waals surface area contributed by atoms with Crippen molar-refractivity contribution in [1.82, 2.24) is 0 Å². The van der Waals surface area contributed by atoms with Crippen molar-refractivity contribution in [3.8, 4) is 0 Å². The van der Waals surface area contributed by atoms with Crippen LogP contribution in [0.3, 0.4) is 0 Å². The van der Waals surface area contributed by atoms with E-state index in [9.17, 15) is 5.11 Å². The summed E-state index contributed by atoms with van der Waals surface area (Å²) in [5, 5.41) is 13.3. The molecule has 0 fully saturated rings. The van der Waals surface area contributed by atoms with Gasteiger partial charge in [0, 0.05) is 17.9 Å². The number of nitrogens with one attached hydrogen (secondary N) is 1. The van der Waals surface area contributed by atoms with Crippen molar-refractivity contribution >= 4 is 11.4 Å². The fourth-order valence-corrected chi connectivity index (χ4v) is 1.42. The topological polar surface area (TPSA) is 58.3 Å². The van der Waals surface area contributed by atoms with E-state index in [1.165, 1.54) is 0 Å². The second kappa shape index (κ2) is 5.03. The van der Waals surface area contributed by atoms with Gasteiger partial charge in [0.05, 0.1) is 5.60 Å². The molecular formula is C12H20N2O. The van der Waals surface area contributed by atoms with E-state index in [-0.39, 0.29) is 0 Å². The normalized spacial score (nSPS) is 11.4. The van der Waals surface area contributed by atoms with Crippen molar-refractivity contribution in [2.24, 2.45) is 0 Å². The zero-order valence-corrected chi connectivity index (χ0v) is 9.46. The lowest BCUT2D eigenvalue weighted by Crippen LogP contribution is -2.35. The van der Waals surface area contributed by atoms with Gasteiger partial charge in [0.2, 0.25) is 0 Å². The zero-order chi connectivity index (χ0) is 11.3. The molecule has 0 amide bonds. The predicted octanol–water partition coefficient (Wildman–Crippen LogP) is 2.23. The number of anilines is 2. The predicted molar refractivity (Wildman–Crippen MR) is 64.9 cm³/mol. The molecule has 1 aromatic rings. The van der Waals surface area contributed by atoms with Gasteiger partial charge in [-0.3, -0.25) is 0 Å². The molecule has 0 radical (unpaired) electrons. The van der Waals surface area contributed by atoms with Gasteiger partial charge in [0.25, 0.3) is 0 Å². The minimum atomic E-state index is -0.620. The number of hydrogen-bond donors (Lipinski definition) is 3. The average Bonchev–Trinajstić information content (AvgIpc) is 2.26. The van der Waals surface area contributed by atoms with Crippen LogP contribution in [-0.4, -0.2) is 17.3 Å². The maximum atomic E-state index is 10.1. The highest BCUT2D eigenvalue weighted by molar-refractivity contribution is 5.54. The number of rotatable bonds is 5. The molecule has 4 N–H and O–H groups in total. The van der Waals surface area contributed by atoms with Crippen LogP contribution in [0.5, 0.6) is 0 Å². The van der Waals surface area contributed by atoms with E-state index < -0.39 is 5.60 Å². The lowest BCUT2D eigenvalue weighted by molar-refractivity contribution is 0.0457. The molecule has 0 spiro atoms. The Morgan fingerprint density at radius 2 is 2.00 bits per heavy atom. The first-order valence-corrected chi connectivity index (χ1v) is 5.41. The van der Waals surface area contributed by atoms with Crippen molar-refractivity contribution in [3.63, 3.8) is 0 Å². The molecule has 1 aromatic carbocycles. The van der Waals surface area contributed by atoms with Crippen LogP contribution in [0.2, 0.25) is 0 Å². The summed E-state index contributed by atoms with van der Waals surface area (Å²) in [6.07, 6.45) is 1.50. The van der Waals surface area contributed by atoms with Gasteiger partial charge in [-0.05, 0) is 31.0 Å². The van der Waals surface area contributed by atoms with Crippen LogP contribution >= 0.6 is 0 Å². The summed E-state index contributed by atoms with van der Waals surface area (Å²) < 4.78 is 0. The van der Waals surface area contributed by atoms with Gasteiger partial charge in [0.15, 0.2) is 0 Å². The monoisotopic (exact) mass is 208 g/mol. The third-order valence-electron chi connectivity index (χ3n) is 2.82. The molecule has 0 unspecified atom stereocenters. The summed E-state index contributed by atoms with van der Waals surface area (Å²) in [6, 6.07) is 7.56. The van der Waals surface area contributed by atoms with Crippen LogP contribution in [0.1, 0.15) is 26.7 Å². The maximum absolute atomic E-state index is 10.1. The summed E-state index contributed by atoms with van der Waals surface area (Å²) in [5.74, 6) is 0. The zero-order valence-electron chi connectivity index (χ0n) is 9.46. The third-order valence-corrected chi connectivity index (χ3v) is 2.82. The molecular weight excluding hydrogens is 188 g/mol. The Balaban J connectivity index is 2.56. The van der Waals surface area contributed by atoms with E-state index >= 15 is 0 Å². The molecule has 0 saturated heterocycles. The Bertz CT molecular complexity index is 308. The van der Waals surface area contributed by atoms with Gasteiger partial charge in [-0.2, -0.15) is 0 Å². The molecule has 1 rings (SSSR count). The molecule has 0 saturated carbocycles. The number of nitrogen functional groups attached to an aromatic ring is 1. The Labute approximate surface area is 91.3 Å². The summed E-state index contributed by atoms with van der Waals surface area (Å²) in [5.41, 5.74) is 6.73. The summed E-state index contributed by atoms with van der Waals surface area (Å²) in [7, 11) is 0. The van der Waals surface area contributed by atoms with Crippen molar-refractivity contribution in [1.29, 1.82) is 0 Å². The first-order valence-electron chi connectivity index (χ1n) is 5.41. The molecule has 84 valence electrons. The Kier molecular flexibility index (Phi) is 3.97.